The molecule has 0 N–H and O–H groups in total. The number of halogens is 3. The van der Waals surface area contributed by atoms with Gasteiger partial charge in [-0.25, -0.2) is 0 Å². The van der Waals surface area contributed by atoms with Crippen LogP contribution < -0.4 is 0 Å². The molecule has 0 bridgehead atoms. The first-order valence-corrected chi connectivity index (χ1v) is 6.81. The summed E-state index contributed by atoms with van der Waals surface area (Å²) in [6.45, 7) is 5.38. The minimum atomic E-state index is -4.33. The normalized spacial score (nSPS) is 16.2. The maximum absolute atomic E-state index is 12.5. The molecule has 1 amide bonds. The first-order chi connectivity index (χ1) is 8.73. The Labute approximate surface area is 112 Å². The summed E-state index contributed by atoms with van der Waals surface area (Å²) in [6.07, 6.45) is -2.24. The number of hydrogen-bond acceptors (Lipinski definition) is 2. The molecule has 1 aliphatic rings. The van der Waals surface area contributed by atoms with Crippen molar-refractivity contribution in [2.45, 2.75) is 45.8 Å². The van der Waals surface area contributed by atoms with Crippen LogP contribution in [-0.4, -0.2) is 54.1 Å². The predicted octanol–water partition coefficient (Wildman–Crippen LogP) is 2.52. The standard InChI is InChI=1S/C13H23F3N2O/c1-4-17(11-5-6-11)8-12(19)18(7-10(2)3)9-13(14,15)16/h10-11H,4-9H2,1-3H3. The molecule has 112 valence electrons. The fraction of sp³-hybridized carbons (Fsp3) is 0.923. The zero-order valence-corrected chi connectivity index (χ0v) is 11.8. The number of carbonyl (C=O) groups excluding carboxylic acids is 1. The Morgan fingerprint density at radius 3 is 2.26 bits per heavy atom. The molecule has 19 heavy (non-hydrogen) atoms. The Morgan fingerprint density at radius 1 is 1.32 bits per heavy atom. The summed E-state index contributed by atoms with van der Waals surface area (Å²) in [5.74, 6) is -0.387. The zero-order valence-electron chi connectivity index (χ0n) is 11.8. The molecule has 0 spiro atoms. The van der Waals surface area contributed by atoms with Crippen molar-refractivity contribution in [2.75, 3.05) is 26.2 Å². The van der Waals surface area contributed by atoms with Crippen LogP contribution in [0.25, 0.3) is 0 Å². The minimum absolute atomic E-state index is 0.0299. The average molecular weight is 280 g/mol. The molecule has 0 aromatic carbocycles. The van der Waals surface area contributed by atoms with E-state index in [1.54, 1.807) is 0 Å². The monoisotopic (exact) mass is 280 g/mol. The van der Waals surface area contributed by atoms with Crippen molar-refractivity contribution in [3.8, 4) is 0 Å². The van der Waals surface area contributed by atoms with Crippen LogP contribution >= 0.6 is 0 Å². The molecule has 0 aliphatic heterocycles. The summed E-state index contributed by atoms with van der Waals surface area (Å²) in [5, 5.41) is 0. The van der Waals surface area contributed by atoms with Crippen LogP contribution in [0.2, 0.25) is 0 Å². The Bertz CT molecular complexity index is 301. The highest BCUT2D eigenvalue weighted by atomic mass is 19.4. The number of nitrogens with zero attached hydrogens (tertiary/aromatic N) is 2. The van der Waals surface area contributed by atoms with Crippen LogP contribution in [0.3, 0.4) is 0 Å². The van der Waals surface area contributed by atoms with Gasteiger partial charge in [-0.1, -0.05) is 20.8 Å². The summed E-state index contributed by atoms with van der Waals surface area (Å²) >= 11 is 0. The van der Waals surface area contributed by atoms with Crippen LogP contribution in [0.4, 0.5) is 13.2 Å². The van der Waals surface area contributed by atoms with Gasteiger partial charge in [0.25, 0.3) is 0 Å². The lowest BCUT2D eigenvalue weighted by Crippen LogP contribution is -2.46. The van der Waals surface area contributed by atoms with Crippen molar-refractivity contribution >= 4 is 5.91 Å². The summed E-state index contributed by atoms with van der Waals surface area (Å²) in [4.78, 5) is 14.9. The number of amides is 1. The third kappa shape index (κ3) is 6.27. The zero-order chi connectivity index (χ0) is 14.6. The molecule has 0 atom stereocenters. The van der Waals surface area contributed by atoms with Crippen LogP contribution in [0, 0.1) is 5.92 Å². The van der Waals surface area contributed by atoms with Crippen LogP contribution in [0.1, 0.15) is 33.6 Å². The van der Waals surface area contributed by atoms with Gasteiger partial charge in [0.15, 0.2) is 0 Å². The summed E-state index contributed by atoms with van der Waals surface area (Å²) < 4.78 is 37.5. The van der Waals surface area contributed by atoms with E-state index >= 15 is 0 Å². The second-order valence-corrected chi connectivity index (χ2v) is 5.58. The van der Waals surface area contributed by atoms with Gasteiger partial charge in [-0.05, 0) is 25.3 Å². The molecule has 1 aliphatic carbocycles. The molecule has 3 nitrogen and oxygen atoms in total. The fourth-order valence-corrected chi connectivity index (χ4v) is 2.12. The lowest BCUT2D eigenvalue weighted by molar-refractivity contribution is -0.162. The number of alkyl halides is 3. The van der Waals surface area contributed by atoms with Gasteiger partial charge in [-0.3, -0.25) is 9.69 Å². The van der Waals surface area contributed by atoms with Gasteiger partial charge in [0.2, 0.25) is 5.91 Å². The van der Waals surface area contributed by atoms with Crippen molar-refractivity contribution in [1.82, 2.24) is 9.80 Å². The topological polar surface area (TPSA) is 23.6 Å². The van der Waals surface area contributed by atoms with E-state index in [0.717, 1.165) is 17.7 Å². The average Bonchev–Trinajstić information content (AvgIpc) is 3.05. The summed E-state index contributed by atoms with van der Waals surface area (Å²) in [5.41, 5.74) is 0. The maximum Gasteiger partial charge on any atom is 0.406 e. The van der Waals surface area contributed by atoms with E-state index in [-0.39, 0.29) is 19.0 Å². The third-order valence-corrected chi connectivity index (χ3v) is 3.12. The van der Waals surface area contributed by atoms with Crippen molar-refractivity contribution in [2.24, 2.45) is 5.92 Å². The quantitative estimate of drug-likeness (QED) is 0.715. The third-order valence-electron chi connectivity index (χ3n) is 3.12. The predicted molar refractivity (Wildman–Crippen MR) is 67.7 cm³/mol. The van der Waals surface area contributed by atoms with Crippen molar-refractivity contribution in [3.63, 3.8) is 0 Å². The number of rotatable bonds is 7. The molecule has 0 unspecified atom stereocenters. The molecule has 1 saturated carbocycles. The van der Waals surface area contributed by atoms with Crippen molar-refractivity contribution < 1.29 is 18.0 Å². The number of carbonyl (C=O) groups is 1. The first kappa shape index (κ1) is 16.3. The van der Waals surface area contributed by atoms with E-state index in [0.29, 0.717) is 12.6 Å². The Morgan fingerprint density at radius 2 is 1.89 bits per heavy atom. The fourth-order valence-electron chi connectivity index (χ4n) is 2.12. The Balaban J connectivity index is 2.59. The highest BCUT2D eigenvalue weighted by molar-refractivity contribution is 5.78. The Kier molecular flexibility index (Phi) is 5.64. The van der Waals surface area contributed by atoms with E-state index < -0.39 is 18.6 Å². The maximum atomic E-state index is 12.5. The van der Waals surface area contributed by atoms with Crippen LogP contribution in [-0.2, 0) is 4.79 Å². The summed E-state index contributed by atoms with van der Waals surface area (Å²) in [6, 6.07) is 0.390. The SMILES string of the molecule is CCN(CC(=O)N(CC(C)C)CC(F)(F)F)C1CC1. The van der Waals surface area contributed by atoms with Gasteiger partial charge >= 0.3 is 6.18 Å². The molecular formula is C13H23F3N2O. The molecule has 1 fully saturated rings. The van der Waals surface area contributed by atoms with E-state index in [1.165, 1.54) is 0 Å². The van der Waals surface area contributed by atoms with Gasteiger partial charge < -0.3 is 4.90 Å². The highest BCUT2D eigenvalue weighted by Crippen LogP contribution is 2.26. The Hall–Kier alpha value is -0.780. The van der Waals surface area contributed by atoms with Gasteiger partial charge in [0.1, 0.15) is 6.54 Å². The molecule has 0 radical (unpaired) electrons. The smallest absolute Gasteiger partial charge is 0.332 e. The molecule has 0 aromatic rings. The molecule has 6 heteroatoms. The molecule has 1 rings (SSSR count). The van der Waals surface area contributed by atoms with E-state index in [2.05, 4.69) is 0 Å². The van der Waals surface area contributed by atoms with Crippen molar-refractivity contribution in [3.05, 3.63) is 0 Å². The molecular weight excluding hydrogens is 257 g/mol. The van der Waals surface area contributed by atoms with Gasteiger partial charge in [-0.15, -0.1) is 0 Å². The molecule has 0 heterocycles. The largest absolute Gasteiger partial charge is 0.406 e. The highest BCUT2D eigenvalue weighted by Gasteiger charge is 2.35. The van der Waals surface area contributed by atoms with Crippen LogP contribution in [0.5, 0.6) is 0 Å². The second kappa shape index (κ2) is 6.59. The number of hydrogen-bond donors (Lipinski definition) is 0. The molecule has 0 aromatic heterocycles. The molecule has 0 saturated heterocycles. The minimum Gasteiger partial charge on any atom is -0.332 e. The number of likely N-dealkylation sites (N-methyl/N-ethyl adjacent to an activating group) is 1. The van der Waals surface area contributed by atoms with E-state index in [9.17, 15) is 18.0 Å². The van der Waals surface area contributed by atoms with E-state index in [1.807, 2.05) is 25.7 Å². The second-order valence-electron chi connectivity index (χ2n) is 5.58. The van der Waals surface area contributed by atoms with Crippen LogP contribution in [0.15, 0.2) is 0 Å². The first-order valence-electron chi connectivity index (χ1n) is 6.81. The summed E-state index contributed by atoms with van der Waals surface area (Å²) in [7, 11) is 0. The van der Waals surface area contributed by atoms with Gasteiger partial charge in [0.05, 0.1) is 6.54 Å². The van der Waals surface area contributed by atoms with E-state index in [4.69, 9.17) is 0 Å². The van der Waals surface area contributed by atoms with Crippen molar-refractivity contribution in [1.29, 1.82) is 0 Å². The van der Waals surface area contributed by atoms with Gasteiger partial charge in [0, 0.05) is 12.6 Å². The lowest BCUT2D eigenvalue weighted by Gasteiger charge is -2.28. The lowest BCUT2D eigenvalue weighted by atomic mass is 10.2. The van der Waals surface area contributed by atoms with Gasteiger partial charge in [-0.2, -0.15) is 13.2 Å².